The molecule has 7 nitrogen and oxygen atoms in total. The van der Waals surface area contributed by atoms with Gasteiger partial charge in [0, 0.05) is 30.9 Å². The topological polar surface area (TPSA) is 96.3 Å². The van der Waals surface area contributed by atoms with Crippen LogP contribution in [0.25, 0.3) is 10.6 Å². The van der Waals surface area contributed by atoms with Crippen LogP contribution in [-0.2, 0) is 9.59 Å². The quantitative estimate of drug-likeness (QED) is 0.907. The molecule has 102 valence electrons. The highest BCUT2D eigenvalue weighted by atomic mass is 32.1. The normalized spacial score (nSPS) is 18.5. The zero-order valence-electron chi connectivity index (χ0n) is 10.3. The molecule has 0 bridgehead atoms. The van der Waals surface area contributed by atoms with Gasteiger partial charge in [-0.05, 0) is 12.1 Å². The first-order chi connectivity index (χ1) is 9.65. The van der Waals surface area contributed by atoms with E-state index >= 15 is 0 Å². The molecule has 1 fully saturated rings. The lowest BCUT2D eigenvalue weighted by molar-refractivity contribution is -0.141. The molecule has 0 aromatic carbocycles. The number of anilines is 1. The fourth-order valence-electron chi connectivity index (χ4n) is 1.99. The second-order valence-corrected chi connectivity index (χ2v) is 5.33. The number of amides is 1. The fourth-order valence-corrected chi connectivity index (χ4v) is 2.87. The molecular formula is C12H10N4O3S. The van der Waals surface area contributed by atoms with Crippen LogP contribution >= 0.6 is 11.3 Å². The van der Waals surface area contributed by atoms with E-state index in [1.54, 1.807) is 24.5 Å². The minimum Gasteiger partial charge on any atom is -0.481 e. The van der Waals surface area contributed by atoms with Gasteiger partial charge in [-0.3, -0.25) is 19.5 Å². The van der Waals surface area contributed by atoms with Crippen molar-refractivity contribution < 1.29 is 14.7 Å². The predicted molar refractivity (Wildman–Crippen MR) is 71.2 cm³/mol. The second-order valence-electron chi connectivity index (χ2n) is 4.37. The van der Waals surface area contributed by atoms with E-state index in [9.17, 15) is 9.59 Å². The number of carbonyl (C=O) groups is 2. The highest BCUT2D eigenvalue weighted by Gasteiger charge is 2.36. The molecule has 3 heterocycles. The third-order valence-corrected chi connectivity index (χ3v) is 4.04. The van der Waals surface area contributed by atoms with E-state index in [1.807, 2.05) is 0 Å². The summed E-state index contributed by atoms with van der Waals surface area (Å²) >= 11 is 1.26. The number of aromatic nitrogens is 3. The molecular weight excluding hydrogens is 280 g/mol. The molecule has 0 saturated carbocycles. The lowest BCUT2D eigenvalue weighted by Crippen LogP contribution is -2.25. The second kappa shape index (κ2) is 4.97. The van der Waals surface area contributed by atoms with E-state index in [-0.39, 0.29) is 18.9 Å². The predicted octanol–water partition coefficient (Wildman–Crippen LogP) is 1.04. The molecule has 1 atom stereocenters. The largest absolute Gasteiger partial charge is 0.481 e. The number of hydrogen-bond acceptors (Lipinski definition) is 6. The van der Waals surface area contributed by atoms with Gasteiger partial charge in [-0.1, -0.05) is 11.3 Å². The Morgan fingerprint density at radius 3 is 2.75 bits per heavy atom. The van der Waals surface area contributed by atoms with Gasteiger partial charge < -0.3 is 5.11 Å². The summed E-state index contributed by atoms with van der Waals surface area (Å²) < 4.78 is 0. The highest BCUT2D eigenvalue weighted by Crippen LogP contribution is 2.31. The maximum atomic E-state index is 11.8. The molecule has 1 aliphatic heterocycles. The Kier molecular flexibility index (Phi) is 3.15. The summed E-state index contributed by atoms with van der Waals surface area (Å²) in [5.74, 6) is -1.86. The maximum absolute atomic E-state index is 11.8. The molecule has 8 heteroatoms. The van der Waals surface area contributed by atoms with Crippen molar-refractivity contribution in [2.45, 2.75) is 6.42 Å². The summed E-state index contributed by atoms with van der Waals surface area (Å²) in [5.41, 5.74) is 0.866. The third-order valence-electron chi connectivity index (χ3n) is 3.05. The first-order valence-corrected chi connectivity index (χ1v) is 6.74. The maximum Gasteiger partial charge on any atom is 0.308 e. The SMILES string of the molecule is O=C(O)C1CC(=O)N(c2nnc(-c3ccncc3)s2)C1. The molecule has 2 aromatic rings. The van der Waals surface area contributed by atoms with Crippen molar-refractivity contribution >= 4 is 28.3 Å². The average molecular weight is 290 g/mol. The minimum absolute atomic E-state index is 0.0134. The van der Waals surface area contributed by atoms with Gasteiger partial charge in [0.15, 0.2) is 0 Å². The monoisotopic (exact) mass is 290 g/mol. The van der Waals surface area contributed by atoms with E-state index < -0.39 is 11.9 Å². The Balaban J connectivity index is 1.84. The molecule has 0 aliphatic carbocycles. The first kappa shape index (κ1) is 12.7. The van der Waals surface area contributed by atoms with Crippen molar-refractivity contribution in [3.05, 3.63) is 24.5 Å². The van der Waals surface area contributed by atoms with Crippen LogP contribution in [0, 0.1) is 5.92 Å². The lowest BCUT2D eigenvalue weighted by Gasteiger charge is -2.10. The van der Waals surface area contributed by atoms with Gasteiger partial charge >= 0.3 is 5.97 Å². The van der Waals surface area contributed by atoms with Gasteiger partial charge in [0.05, 0.1) is 5.92 Å². The lowest BCUT2D eigenvalue weighted by atomic mass is 10.1. The van der Waals surface area contributed by atoms with E-state index in [1.165, 1.54) is 16.2 Å². The van der Waals surface area contributed by atoms with E-state index in [2.05, 4.69) is 15.2 Å². The van der Waals surface area contributed by atoms with Crippen LogP contribution in [0.1, 0.15) is 6.42 Å². The molecule has 1 unspecified atom stereocenters. The van der Waals surface area contributed by atoms with Gasteiger partial charge in [-0.15, -0.1) is 10.2 Å². The van der Waals surface area contributed by atoms with E-state index in [0.29, 0.717) is 10.1 Å². The zero-order valence-corrected chi connectivity index (χ0v) is 11.1. The number of carbonyl (C=O) groups excluding carboxylic acids is 1. The van der Waals surface area contributed by atoms with Crippen LogP contribution in [0.4, 0.5) is 5.13 Å². The molecule has 1 aliphatic rings. The van der Waals surface area contributed by atoms with Gasteiger partial charge in [0.25, 0.3) is 0 Å². The van der Waals surface area contributed by atoms with Gasteiger partial charge in [0.1, 0.15) is 5.01 Å². The zero-order chi connectivity index (χ0) is 14.1. The smallest absolute Gasteiger partial charge is 0.308 e. The van der Waals surface area contributed by atoms with Crippen molar-refractivity contribution in [1.29, 1.82) is 0 Å². The number of hydrogen-bond donors (Lipinski definition) is 1. The highest BCUT2D eigenvalue weighted by molar-refractivity contribution is 7.18. The summed E-state index contributed by atoms with van der Waals surface area (Å²) in [4.78, 5) is 28.1. The number of aliphatic carboxylic acids is 1. The minimum atomic E-state index is -0.959. The molecule has 2 aromatic heterocycles. The van der Waals surface area contributed by atoms with Gasteiger partial charge in [-0.25, -0.2) is 0 Å². The summed E-state index contributed by atoms with van der Waals surface area (Å²) in [6.45, 7) is 0.152. The fraction of sp³-hybridized carbons (Fsp3) is 0.250. The average Bonchev–Trinajstić information content (AvgIpc) is 3.06. The van der Waals surface area contributed by atoms with Crippen LogP contribution in [0.3, 0.4) is 0 Å². The van der Waals surface area contributed by atoms with Crippen LogP contribution in [-0.4, -0.2) is 38.7 Å². The Morgan fingerprint density at radius 1 is 1.35 bits per heavy atom. The van der Waals surface area contributed by atoms with Crippen LogP contribution in [0.2, 0.25) is 0 Å². The summed E-state index contributed by atoms with van der Waals surface area (Å²) in [5, 5.41) is 18.1. The molecule has 1 N–H and O–H groups in total. The number of nitrogens with zero attached hydrogens (tertiary/aromatic N) is 4. The standard InChI is InChI=1S/C12H10N4O3S/c17-9-5-8(11(18)19)6-16(9)12-15-14-10(20-12)7-1-3-13-4-2-7/h1-4,8H,5-6H2,(H,18,19). The molecule has 0 radical (unpaired) electrons. The van der Waals surface area contributed by atoms with Crippen molar-refractivity contribution in [2.75, 3.05) is 11.4 Å². The van der Waals surface area contributed by atoms with Crippen molar-refractivity contribution in [3.8, 4) is 10.6 Å². The van der Waals surface area contributed by atoms with E-state index in [0.717, 1.165) is 5.56 Å². The molecule has 20 heavy (non-hydrogen) atoms. The van der Waals surface area contributed by atoms with Crippen molar-refractivity contribution in [3.63, 3.8) is 0 Å². The summed E-state index contributed by atoms with van der Waals surface area (Å²) in [7, 11) is 0. The van der Waals surface area contributed by atoms with Crippen LogP contribution < -0.4 is 4.90 Å². The number of carboxylic acids is 1. The first-order valence-electron chi connectivity index (χ1n) is 5.92. The summed E-state index contributed by atoms with van der Waals surface area (Å²) in [6.07, 6.45) is 3.31. The van der Waals surface area contributed by atoms with Gasteiger partial charge in [0.2, 0.25) is 11.0 Å². The Morgan fingerprint density at radius 2 is 2.10 bits per heavy atom. The molecule has 1 saturated heterocycles. The molecule has 1 amide bonds. The number of pyridine rings is 1. The Hall–Kier alpha value is -2.35. The Bertz CT molecular complexity index is 658. The molecule has 3 rings (SSSR count). The number of rotatable bonds is 3. The summed E-state index contributed by atoms with van der Waals surface area (Å²) in [6, 6.07) is 3.60. The number of carboxylic acid groups (broad SMARTS) is 1. The van der Waals surface area contributed by atoms with Crippen LogP contribution in [0.5, 0.6) is 0 Å². The van der Waals surface area contributed by atoms with Crippen molar-refractivity contribution in [1.82, 2.24) is 15.2 Å². The van der Waals surface area contributed by atoms with E-state index in [4.69, 9.17) is 5.11 Å². The third kappa shape index (κ3) is 2.25. The van der Waals surface area contributed by atoms with Crippen LogP contribution in [0.15, 0.2) is 24.5 Å². The van der Waals surface area contributed by atoms with Gasteiger partial charge in [-0.2, -0.15) is 0 Å². The Labute approximate surface area is 117 Å². The van der Waals surface area contributed by atoms with Crippen molar-refractivity contribution in [2.24, 2.45) is 5.92 Å². The molecule has 0 spiro atoms.